The number of ether oxygens (including phenoxy) is 2. The third-order valence-electron chi connectivity index (χ3n) is 5.45. The molecule has 7 heteroatoms. The van der Waals surface area contributed by atoms with Crippen LogP contribution in [0.5, 0.6) is 11.5 Å². The van der Waals surface area contributed by atoms with Gasteiger partial charge in [0.2, 0.25) is 0 Å². The van der Waals surface area contributed by atoms with Crippen molar-refractivity contribution in [2.24, 2.45) is 0 Å². The number of methoxy groups -OCH3 is 2. The maximum absolute atomic E-state index is 10.9. The Labute approximate surface area is 176 Å². The second kappa shape index (κ2) is 8.89. The van der Waals surface area contributed by atoms with Gasteiger partial charge in [-0.15, -0.1) is 0 Å². The van der Waals surface area contributed by atoms with E-state index in [2.05, 4.69) is 16.0 Å². The highest BCUT2D eigenvalue weighted by Crippen LogP contribution is 2.30. The Hall–Kier alpha value is -3.50. The Bertz CT molecular complexity index is 1090. The molecule has 0 saturated heterocycles. The van der Waals surface area contributed by atoms with Gasteiger partial charge in [0.15, 0.2) is 23.1 Å². The molecule has 30 heavy (non-hydrogen) atoms. The van der Waals surface area contributed by atoms with Crippen molar-refractivity contribution in [3.63, 3.8) is 0 Å². The van der Waals surface area contributed by atoms with Crippen LogP contribution < -0.4 is 14.4 Å². The summed E-state index contributed by atoms with van der Waals surface area (Å²) in [4.78, 5) is 8.59. The number of quaternary nitrogens is 1. The molecule has 3 aromatic rings. The summed E-state index contributed by atoms with van der Waals surface area (Å²) in [6.07, 6.45) is 0. The molecule has 0 amide bonds. The van der Waals surface area contributed by atoms with Gasteiger partial charge in [-0.1, -0.05) is 12.1 Å². The lowest BCUT2D eigenvalue weighted by Crippen LogP contribution is -3.11. The summed E-state index contributed by atoms with van der Waals surface area (Å²) >= 11 is 0. The van der Waals surface area contributed by atoms with Crippen LogP contribution in [0.4, 0.5) is 0 Å². The van der Waals surface area contributed by atoms with Crippen LogP contribution in [0.15, 0.2) is 42.2 Å². The third-order valence-corrected chi connectivity index (χ3v) is 5.45. The van der Waals surface area contributed by atoms with Gasteiger partial charge in [0.1, 0.15) is 24.2 Å². The van der Waals surface area contributed by atoms with E-state index in [4.69, 9.17) is 9.47 Å². The zero-order valence-corrected chi connectivity index (χ0v) is 17.9. The van der Waals surface area contributed by atoms with Gasteiger partial charge >= 0.3 is 0 Å². The molecule has 156 valence electrons. The standard InChI is InChI=1S/C23H26N4O3/c1-14-10-20(29-4)21(30-5)11-16(14)13-27(3)15(2)22(28)17(12-24)23-25-18-8-6-7-9-19(18)26-23/h6-11,15,28H,13H2,1-5H3,(H,25,26)/p+1/b22-17-/t15-/m0/s1. The number of hydrogen-bond donors (Lipinski definition) is 3. The first-order chi connectivity index (χ1) is 14.4. The van der Waals surface area contributed by atoms with Crippen LogP contribution in [-0.2, 0) is 6.54 Å². The van der Waals surface area contributed by atoms with Crippen molar-refractivity contribution in [3.05, 3.63) is 59.1 Å². The molecule has 1 aromatic heterocycles. The highest BCUT2D eigenvalue weighted by atomic mass is 16.5. The minimum atomic E-state index is -0.319. The number of aryl methyl sites for hydroxylation is 1. The normalized spacial score (nSPS) is 14.0. The number of likely N-dealkylation sites (N-methyl/N-ethyl adjacent to an activating group) is 1. The van der Waals surface area contributed by atoms with Gasteiger partial charge in [0, 0.05) is 5.56 Å². The van der Waals surface area contributed by atoms with Crippen LogP contribution in [0.1, 0.15) is 23.9 Å². The van der Waals surface area contributed by atoms with Gasteiger partial charge < -0.3 is 24.5 Å². The smallest absolute Gasteiger partial charge is 0.172 e. The average molecular weight is 407 g/mol. The lowest BCUT2D eigenvalue weighted by molar-refractivity contribution is -0.913. The molecule has 2 atom stereocenters. The average Bonchev–Trinajstić information content (AvgIpc) is 3.18. The Morgan fingerprint density at radius 3 is 2.53 bits per heavy atom. The van der Waals surface area contributed by atoms with E-state index in [9.17, 15) is 10.4 Å². The number of nitriles is 1. The molecule has 3 rings (SSSR count). The third kappa shape index (κ3) is 4.09. The molecule has 1 unspecified atom stereocenters. The Kier molecular flexibility index (Phi) is 6.28. The number of aliphatic hydroxyl groups is 1. The fourth-order valence-electron chi connectivity index (χ4n) is 3.42. The lowest BCUT2D eigenvalue weighted by atomic mass is 10.1. The molecule has 1 heterocycles. The van der Waals surface area contributed by atoms with Gasteiger partial charge in [-0.3, -0.25) is 0 Å². The highest BCUT2D eigenvalue weighted by molar-refractivity contribution is 5.82. The molecule has 0 spiro atoms. The number of rotatable bonds is 7. The first-order valence-electron chi connectivity index (χ1n) is 9.71. The first kappa shape index (κ1) is 21.2. The number of para-hydroxylation sites is 2. The number of aromatic nitrogens is 2. The molecule has 7 nitrogen and oxygen atoms in total. The van der Waals surface area contributed by atoms with E-state index in [-0.39, 0.29) is 17.4 Å². The van der Waals surface area contributed by atoms with Gasteiger partial charge in [0.25, 0.3) is 0 Å². The fourth-order valence-corrected chi connectivity index (χ4v) is 3.42. The SMILES string of the molecule is COc1cc(C)c(C[NH+](C)[C@@H](C)/C(O)=C(\C#N)c2nc3ccccc3[nH]2)cc1OC. The number of nitrogens with one attached hydrogen (secondary N) is 2. The highest BCUT2D eigenvalue weighted by Gasteiger charge is 2.25. The summed E-state index contributed by atoms with van der Waals surface area (Å²) in [5, 5.41) is 20.6. The first-order valence-corrected chi connectivity index (χ1v) is 9.71. The van der Waals surface area contributed by atoms with Crippen LogP contribution in [0.25, 0.3) is 16.6 Å². The number of aliphatic hydroxyl groups excluding tert-OH is 1. The predicted octanol–water partition coefficient (Wildman–Crippen LogP) is 2.78. The number of H-pyrrole nitrogens is 1. The summed E-state index contributed by atoms with van der Waals surface area (Å²) < 4.78 is 10.8. The number of fused-ring (bicyclic) bond motifs is 1. The monoisotopic (exact) mass is 407 g/mol. The molecule has 0 saturated carbocycles. The predicted molar refractivity (Wildman–Crippen MR) is 116 cm³/mol. The van der Waals surface area contributed by atoms with Gasteiger partial charge in [-0.25, -0.2) is 4.98 Å². The summed E-state index contributed by atoms with van der Waals surface area (Å²) in [6.45, 7) is 4.54. The molecular formula is C23H27N4O3+. The molecule has 0 aliphatic rings. The molecule has 3 N–H and O–H groups in total. The second-order valence-electron chi connectivity index (χ2n) is 7.35. The number of benzene rings is 2. The fraction of sp³-hybridized carbons (Fsp3) is 0.304. The van der Waals surface area contributed by atoms with Crippen LogP contribution in [0.3, 0.4) is 0 Å². The van der Waals surface area contributed by atoms with Crippen molar-refractivity contribution in [1.82, 2.24) is 9.97 Å². The second-order valence-corrected chi connectivity index (χ2v) is 7.35. The van der Waals surface area contributed by atoms with E-state index in [1.54, 1.807) is 14.2 Å². The Balaban J connectivity index is 1.89. The quantitative estimate of drug-likeness (QED) is 0.413. The Morgan fingerprint density at radius 1 is 1.23 bits per heavy atom. The summed E-state index contributed by atoms with van der Waals surface area (Å²) in [6, 6.07) is 13.2. The van der Waals surface area contributed by atoms with E-state index in [0.29, 0.717) is 23.9 Å². The molecule has 0 fully saturated rings. The minimum absolute atomic E-state index is 0.00665. The molecule has 0 radical (unpaired) electrons. The number of aromatic amines is 1. The van der Waals surface area contributed by atoms with Crippen LogP contribution in [-0.4, -0.2) is 42.4 Å². The van der Waals surface area contributed by atoms with Crippen LogP contribution in [0.2, 0.25) is 0 Å². The maximum Gasteiger partial charge on any atom is 0.172 e. The summed E-state index contributed by atoms with van der Waals surface area (Å²) in [5.74, 6) is 1.73. The molecular weight excluding hydrogens is 380 g/mol. The number of allylic oxidation sites excluding steroid dienone is 1. The topological polar surface area (TPSA) is 95.6 Å². The van der Waals surface area contributed by atoms with E-state index in [0.717, 1.165) is 27.1 Å². The molecule has 0 aliphatic carbocycles. The van der Waals surface area contributed by atoms with Gasteiger partial charge in [-0.2, -0.15) is 5.26 Å². The molecule has 2 aromatic carbocycles. The molecule has 0 bridgehead atoms. The van der Waals surface area contributed by atoms with Crippen molar-refractivity contribution < 1.29 is 19.5 Å². The zero-order valence-electron chi connectivity index (χ0n) is 17.9. The summed E-state index contributed by atoms with van der Waals surface area (Å²) in [5.41, 5.74) is 3.87. The minimum Gasteiger partial charge on any atom is -0.505 e. The van der Waals surface area contributed by atoms with E-state index in [1.807, 2.05) is 57.3 Å². The van der Waals surface area contributed by atoms with Crippen molar-refractivity contribution in [2.75, 3.05) is 21.3 Å². The van der Waals surface area contributed by atoms with Gasteiger partial charge in [-0.05, 0) is 43.7 Å². The van der Waals surface area contributed by atoms with Crippen LogP contribution >= 0.6 is 0 Å². The number of imidazole rings is 1. The number of nitrogens with zero attached hydrogens (tertiary/aromatic N) is 2. The molecule has 0 aliphatic heterocycles. The maximum atomic E-state index is 10.9. The van der Waals surface area contributed by atoms with Gasteiger partial charge in [0.05, 0.1) is 32.3 Å². The Morgan fingerprint density at radius 2 is 1.90 bits per heavy atom. The van der Waals surface area contributed by atoms with E-state index in [1.165, 1.54) is 0 Å². The van der Waals surface area contributed by atoms with Crippen molar-refractivity contribution in [2.45, 2.75) is 26.4 Å². The van der Waals surface area contributed by atoms with E-state index < -0.39 is 0 Å². The summed E-state index contributed by atoms with van der Waals surface area (Å²) in [7, 11) is 5.20. The number of hydrogen-bond acceptors (Lipinski definition) is 5. The van der Waals surface area contributed by atoms with Crippen molar-refractivity contribution >= 4 is 16.6 Å². The van der Waals surface area contributed by atoms with Crippen molar-refractivity contribution in [3.8, 4) is 17.6 Å². The zero-order chi connectivity index (χ0) is 21.8. The van der Waals surface area contributed by atoms with E-state index >= 15 is 0 Å². The largest absolute Gasteiger partial charge is 0.505 e. The van der Waals surface area contributed by atoms with Crippen molar-refractivity contribution in [1.29, 1.82) is 5.26 Å². The lowest BCUT2D eigenvalue weighted by Gasteiger charge is -2.23. The van der Waals surface area contributed by atoms with Crippen LogP contribution in [0, 0.1) is 18.3 Å².